The summed E-state index contributed by atoms with van der Waals surface area (Å²) < 4.78 is 0. The van der Waals surface area contributed by atoms with Crippen molar-refractivity contribution in [3.8, 4) is 17.0 Å². The normalized spacial score (nSPS) is 16.0. The van der Waals surface area contributed by atoms with E-state index in [1.165, 1.54) is 0 Å². The van der Waals surface area contributed by atoms with Crippen molar-refractivity contribution in [2.45, 2.75) is 26.3 Å². The van der Waals surface area contributed by atoms with Crippen molar-refractivity contribution in [2.24, 2.45) is 0 Å². The monoisotopic (exact) mass is 381 g/mol. The van der Waals surface area contributed by atoms with Crippen LogP contribution in [0.3, 0.4) is 0 Å². The molecule has 0 saturated carbocycles. The predicted octanol–water partition coefficient (Wildman–Crippen LogP) is 4.70. The number of nitrogens with one attached hydrogen (secondary N) is 1. The van der Waals surface area contributed by atoms with Gasteiger partial charge >= 0.3 is 0 Å². The lowest BCUT2D eigenvalue weighted by Crippen LogP contribution is -2.30. The topological polar surface area (TPSA) is 69.2 Å². The maximum Gasteiger partial charge on any atom is 0.273 e. The first kappa shape index (κ1) is 17.6. The minimum atomic E-state index is -0.248. The minimum absolute atomic E-state index is 0.0721. The Bertz CT molecular complexity index is 1010. The summed E-state index contributed by atoms with van der Waals surface area (Å²) in [5.74, 6) is 0.0246. The Morgan fingerprint density at radius 3 is 2.70 bits per heavy atom. The number of phenolic OH excluding ortho intramolecular Hbond substituents is 1. The van der Waals surface area contributed by atoms with Crippen LogP contribution in [0.4, 0.5) is 0 Å². The number of carbonyl (C=O) groups excluding carboxylic acids is 1. The van der Waals surface area contributed by atoms with Crippen LogP contribution in [0.5, 0.6) is 5.75 Å². The van der Waals surface area contributed by atoms with Crippen molar-refractivity contribution in [3.05, 3.63) is 69.9 Å². The summed E-state index contributed by atoms with van der Waals surface area (Å²) in [5, 5.41) is 18.3. The third kappa shape index (κ3) is 2.79. The SMILES string of the molecule is CCCN1C(=O)c2[nH]nc(-c3cc(Cl)c(C)cc3O)c2C1c1ccccc1. The van der Waals surface area contributed by atoms with E-state index in [2.05, 4.69) is 10.2 Å². The van der Waals surface area contributed by atoms with Gasteiger partial charge in [0.05, 0.1) is 6.04 Å². The predicted molar refractivity (Wildman–Crippen MR) is 105 cm³/mol. The summed E-state index contributed by atoms with van der Waals surface area (Å²) in [5.41, 5.74) is 4.14. The van der Waals surface area contributed by atoms with Gasteiger partial charge in [-0.3, -0.25) is 9.89 Å². The Morgan fingerprint density at radius 1 is 1.26 bits per heavy atom. The molecular weight excluding hydrogens is 362 g/mol. The first-order chi connectivity index (χ1) is 13.0. The van der Waals surface area contributed by atoms with E-state index in [9.17, 15) is 9.90 Å². The number of aromatic amines is 1. The van der Waals surface area contributed by atoms with Crippen LogP contribution in [0.15, 0.2) is 42.5 Å². The van der Waals surface area contributed by atoms with E-state index >= 15 is 0 Å². The molecule has 1 amide bonds. The third-order valence-electron chi connectivity index (χ3n) is 4.98. The highest BCUT2D eigenvalue weighted by Gasteiger charge is 2.42. The largest absolute Gasteiger partial charge is 0.507 e. The van der Waals surface area contributed by atoms with Gasteiger partial charge in [-0.25, -0.2) is 0 Å². The first-order valence-electron chi connectivity index (χ1n) is 8.96. The lowest BCUT2D eigenvalue weighted by Gasteiger charge is -2.26. The summed E-state index contributed by atoms with van der Waals surface area (Å²) >= 11 is 6.29. The molecule has 1 unspecified atom stereocenters. The van der Waals surface area contributed by atoms with Crippen molar-refractivity contribution in [1.82, 2.24) is 15.1 Å². The number of halogens is 1. The number of H-pyrrole nitrogens is 1. The second kappa shape index (κ2) is 6.74. The molecule has 1 aromatic heterocycles. The van der Waals surface area contributed by atoms with Crippen molar-refractivity contribution in [1.29, 1.82) is 0 Å². The van der Waals surface area contributed by atoms with Crippen LogP contribution in [0.1, 0.15) is 46.6 Å². The molecule has 0 spiro atoms. The Labute approximate surface area is 162 Å². The Hall–Kier alpha value is -2.79. The molecule has 27 heavy (non-hydrogen) atoms. The van der Waals surface area contributed by atoms with Gasteiger partial charge in [0, 0.05) is 22.7 Å². The van der Waals surface area contributed by atoms with E-state index in [1.54, 1.807) is 12.1 Å². The number of fused-ring (bicyclic) bond motifs is 1. The highest BCUT2D eigenvalue weighted by atomic mass is 35.5. The molecular formula is C21H20ClN3O2. The van der Waals surface area contributed by atoms with Gasteiger partial charge in [-0.15, -0.1) is 0 Å². The Morgan fingerprint density at radius 2 is 2.00 bits per heavy atom. The van der Waals surface area contributed by atoms with Crippen LogP contribution in [-0.2, 0) is 0 Å². The number of rotatable bonds is 4. The van der Waals surface area contributed by atoms with Crippen LogP contribution < -0.4 is 0 Å². The number of benzene rings is 2. The zero-order valence-electron chi connectivity index (χ0n) is 15.2. The molecule has 0 fully saturated rings. The Balaban J connectivity index is 1.93. The summed E-state index contributed by atoms with van der Waals surface area (Å²) in [6.45, 7) is 4.52. The molecule has 3 aromatic rings. The van der Waals surface area contributed by atoms with Gasteiger partial charge in [0.25, 0.3) is 5.91 Å². The van der Waals surface area contributed by atoms with Gasteiger partial charge in [-0.05, 0) is 36.6 Å². The van der Waals surface area contributed by atoms with E-state index < -0.39 is 0 Å². The minimum Gasteiger partial charge on any atom is -0.507 e. The number of hydrogen-bond donors (Lipinski definition) is 2. The lowest BCUT2D eigenvalue weighted by molar-refractivity contribution is 0.0744. The molecule has 2 heterocycles. The smallest absolute Gasteiger partial charge is 0.273 e. The average Bonchev–Trinajstić information content (AvgIpc) is 3.19. The first-order valence-corrected chi connectivity index (χ1v) is 9.34. The average molecular weight is 382 g/mol. The standard InChI is InChI=1S/C21H20ClN3O2/c1-3-9-25-20(13-7-5-4-6-8-13)17-18(23-24-19(17)21(25)27)14-11-15(22)12(2)10-16(14)26/h4-8,10-11,20,26H,3,9H2,1-2H3,(H,23,24). The molecule has 1 aliphatic heterocycles. The molecule has 1 aliphatic rings. The summed E-state index contributed by atoms with van der Waals surface area (Å²) in [6, 6.07) is 13.0. The summed E-state index contributed by atoms with van der Waals surface area (Å²) in [6.07, 6.45) is 0.851. The fourth-order valence-electron chi connectivity index (χ4n) is 3.71. The number of carbonyl (C=O) groups is 1. The highest BCUT2D eigenvalue weighted by Crippen LogP contribution is 2.45. The van der Waals surface area contributed by atoms with Gasteiger partial charge in [0.2, 0.25) is 0 Å². The third-order valence-corrected chi connectivity index (χ3v) is 5.38. The van der Waals surface area contributed by atoms with Crippen LogP contribution in [0, 0.1) is 6.92 Å². The summed E-state index contributed by atoms with van der Waals surface area (Å²) in [7, 11) is 0. The molecule has 6 heteroatoms. The van der Waals surface area contributed by atoms with Crippen molar-refractivity contribution in [2.75, 3.05) is 6.54 Å². The van der Waals surface area contributed by atoms with Crippen molar-refractivity contribution in [3.63, 3.8) is 0 Å². The maximum atomic E-state index is 13.0. The van der Waals surface area contributed by atoms with Crippen LogP contribution >= 0.6 is 11.6 Å². The molecule has 0 saturated heterocycles. The van der Waals surface area contributed by atoms with E-state index in [0.29, 0.717) is 28.5 Å². The zero-order chi connectivity index (χ0) is 19.1. The van der Waals surface area contributed by atoms with Gasteiger partial charge in [0.15, 0.2) is 0 Å². The molecule has 4 rings (SSSR count). The van der Waals surface area contributed by atoms with Crippen LogP contribution in [0.25, 0.3) is 11.3 Å². The summed E-state index contributed by atoms with van der Waals surface area (Å²) in [4.78, 5) is 14.8. The molecule has 5 nitrogen and oxygen atoms in total. The van der Waals surface area contributed by atoms with Crippen molar-refractivity contribution < 1.29 is 9.90 Å². The number of aryl methyl sites for hydroxylation is 1. The zero-order valence-corrected chi connectivity index (χ0v) is 15.9. The fraction of sp³-hybridized carbons (Fsp3) is 0.238. The van der Waals surface area contributed by atoms with Crippen LogP contribution in [-0.4, -0.2) is 32.7 Å². The van der Waals surface area contributed by atoms with Gasteiger partial charge < -0.3 is 10.0 Å². The molecule has 2 N–H and O–H groups in total. The number of hydrogen-bond acceptors (Lipinski definition) is 3. The van der Waals surface area contributed by atoms with E-state index in [1.807, 2.05) is 49.1 Å². The fourth-order valence-corrected chi connectivity index (χ4v) is 3.88. The number of aromatic nitrogens is 2. The molecule has 0 bridgehead atoms. The lowest BCUT2D eigenvalue weighted by atomic mass is 9.95. The second-order valence-corrected chi connectivity index (χ2v) is 7.20. The quantitative estimate of drug-likeness (QED) is 0.688. The number of phenols is 1. The van der Waals surface area contributed by atoms with Gasteiger partial charge in [-0.1, -0.05) is 48.9 Å². The van der Waals surface area contributed by atoms with Gasteiger partial charge in [0.1, 0.15) is 17.1 Å². The molecule has 138 valence electrons. The van der Waals surface area contributed by atoms with E-state index in [-0.39, 0.29) is 17.7 Å². The molecule has 2 aromatic carbocycles. The highest BCUT2D eigenvalue weighted by molar-refractivity contribution is 6.31. The maximum absolute atomic E-state index is 13.0. The van der Waals surface area contributed by atoms with E-state index in [4.69, 9.17) is 11.6 Å². The number of nitrogens with zero attached hydrogens (tertiary/aromatic N) is 2. The molecule has 0 radical (unpaired) electrons. The second-order valence-electron chi connectivity index (χ2n) is 6.79. The number of amides is 1. The van der Waals surface area contributed by atoms with Gasteiger partial charge in [-0.2, -0.15) is 5.10 Å². The Kier molecular flexibility index (Phi) is 4.40. The number of aromatic hydroxyl groups is 1. The van der Waals surface area contributed by atoms with E-state index in [0.717, 1.165) is 23.1 Å². The van der Waals surface area contributed by atoms with Crippen LogP contribution in [0.2, 0.25) is 5.02 Å². The molecule has 0 aliphatic carbocycles. The molecule has 1 atom stereocenters. The van der Waals surface area contributed by atoms with Crippen molar-refractivity contribution >= 4 is 17.5 Å².